The second-order valence-electron chi connectivity index (χ2n) is 10.6. The summed E-state index contributed by atoms with van der Waals surface area (Å²) < 4.78 is 2.66. The first-order chi connectivity index (χ1) is 21.3. The van der Waals surface area contributed by atoms with Crippen molar-refractivity contribution in [3.05, 3.63) is 163 Å². The highest BCUT2D eigenvalue weighted by Crippen LogP contribution is 2.40. The Morgan fingerprint density at radius 1 is 0.512 bits per heavy atom. The van der Waals surface area contributed by atoms with Crippen LogP contribution in [0, 0.1) is 0 Å². The standard InChI is InChI=1S/C39H27N3S/c1-3-12-27(13-4-1)38-40-26-42(39(41-38)28-14-5-2-6-15-28)32-19-10-17-30(25-32)29-16-9-18-31(24-29)33-21-11-22-35-34-20-7-8-23-36(34)43-37(33)35/h1-25H,26H2. The van der Waals surface area contributed by atoms with Gasteiger partial charge in [-0.25, -0.2) is 9.98 Å². The number of benzene rings is 6. The van der Waals surface area contributed by atoms with Gasteiger partial charge >= 0.3 is 0 Å². The molecule has 3 nitrogen and oxygen atoms in total. The third kappa shape index (κ3) is 4.72. The van der Waals surface area contributed by atoms with Gasteiger partial charge in [0.2, 0.25) is 0 Å². The van der Waals surface area contributed by atoms with Crippen LogP contribution in [0.2, 0.25) is 0 Å². The maximum absolute atomic E-state index is 5.08. The first-order valence-corrected chi connectivity index (χ1v) is 15.3. The third-order valence-electron chi connectivity index (χ3n) is 7.96. The predicted molar refractivity (Wildman–Crippen MR) is 184 cm³/mol. The Kier molecular flexibility index (Phi) is 6.39. The van der Waals surface area contributed by atoms with E-state index in [1.807, 2.05) is 35.6 Å². The molecule has 0 aliphatic carbocycles. The minimum Gasteiger partial charge on any atom is -0.306 e. The van der Waals surface area contributed by atoms with Gasteiger partial charge in [0.05, 0.1) is 0 Å². The van der Waals surface area contributed by atoms with Crippen LogP contribution in [-0.2, 0) is 0 Å². The molecule has 0 amide bonds. The summed E-state index contributed by atoms with van der Waals surface area (Å²) in [5.41, 5.74) is 7.99. The molecule has 6 aromatic carbocycles. The van der Waals surface area contributed by atoms with E-state index in [1.54, 1.807) is 0 Å². The van der Waals surface area contributed by atoms with Crippen LogP contribution < -0.4 is 4.90 Å². The molecule has 0 atom stereocenters. The van der Waals surface area contributed by atoms with Crippen molar-refractivity contribution in [1.82, 2.24) is 0 Å². The highest BCUT2D eigenvalue weighted by molar-refractivity contribution is 7.26. The van der Waals surface area contributed by atoms with Crippen molar-refractivity contribution in [2.75, 3.05) is 11.6 Å². The molecule has 2 heterocycles. The lowest BCUT2D eigenvalue weighted by Crippen LogP contribution is -2.36. The van der Waals surface area contributed by atoms with E-state index in [0.717, 1.165) is 34.0 Å². The van der Waals surface area contributed by atoms with Gasteiger partial charge in [-0.05, 0) is 46.5 Å². The van der Waals surface area contributed by atoms with Crippen molar-refractivity contribution in [2.45, 2.75) is 0 Å². The number of hydrogen-bond acceptors (Lipinski definition) is 4. The predicted octanol–water partition coefficient (Wildman–Crippen LogP) is 10.1. The maximum Gasteiger partial charge on any atom is 0.158 e. The molecule has 0 bridgehead atoms. The summed E-state index contributed by atoms with van der Waals surface area (Å²) in [6, 6.07) is 53.5. The van der Waals surface area contributed by atoms with Crippen molar-refractivity contribution in [3.63, 3.8) is 0 Å². The number of fused-ring (bicyclic) bond motifs is 3. The van der Waals surface area contributed by atoms with Crippen LogP contribution in [-0.4, -0.2) is 18.3 Å². The molecule has 1 aliphatic heterocycles. The summed E-state index contributed by atoms with van der Waals surface area (Å²) in [5.74, 6) is 1.66. The van der Waals surface area contributed by atoms with E-state index < -0.39 is 0 Å². The molecule has 204 valence electrons. The molecule has 8 rings (SSSR count). The van der Waals surface area contributed by atoms with Gasteiger partial charge in [-0.1, -0.05) is 127 Å². The average Bonchev–Trinajstić information content (AvgIpc) is 3.48. The van der Waals surface area contributed by atoms with Gasteiger partial charge in [0.1, 0.15) is 12.5 Å². The van der Waals surface area contributed by atoms with E-state index in [9.17, 15) is 0 Å². The maximum atomic E-state index is 5.08. The second-order valence-corrected chi connectivity index (χ2v) is 11.7. The summed E-state index contributed by atoms with van der Waals surface area (Å²) in [7, 11) is 0. The molecule has 1 aliphatic rings. The Morgan fingerprint density at radius 2 is 1.14 bits per heavy atom. The Morgan fingerprint density at radius 3 is 1.98 bits per heavy atom. The topological polar surface area (TPSA) is 28.0 Å². The summed E-state index contributed by atoms with van der Waals surface area (Å²) in [6.45, 7) is 0.495. The van der Waals surface area contributed by atoms with E-state index in [0.29, 0.717) is 6.67 Å². The van der Waals surface area contributed by atoms with Gasteiger partial charge in [-0.3, -0.25) is 0 Å². The zero-order chi connectivity index (χ0) is 28.6. The SMILES string of the molecule is c1ccc(C2=NCN(c3cccc(-c4cccc(-c5cccc6c5sc5ccccc56)c4)c3)C(c3ccccc3)=N2)cc1. The lowest BCUT2D eigenvalue weighted by Gasteiger charge is -2.28. The van der Waals surface area contributed by atoms with Gasteiger partial charge in [0, 0.05) is 37.0 Å². The smallest absolute Gasteiger partial charge is 0.158 e. The average molecular weight is 570 g/mol. The van der Waals surface area contributed by atoms with E-state index in [4.69, 9.17) is 9.98 Å². The van der Waals surface area contributed by atoms with E-state index >= 15 is 0 Å². The molecule has 0 spiro atoms. The summed E-state index contributed by atoms with van der Waals surface area (Å²) >= 11 is 1.87. The van der Waals surface area contributed by atoms with E-state index in [2.05, 4.69) is 132 Å². The highest BCUT2D eigenvalue weighted by atomic mass is 32.1. The molecule has 0 radical (unpaired) electrons. The Labute approximate surface area is 254 Å². The molecule has 1 aromatic heterocycles. The number of aliphatic imine (C=N–C) groups is 2. The Balaban J connectivity index is 1.18. The van der Waals surface area contributed by atoms with Crippen molar-refractivity contribution < 1.29 is 0 Å². The van der Waals surface area contributed by atoms with Gasteiger partial charge in [0.15, 0.2) is 5.84 Å². The fourth-order valence-corrected chi connectivity index (χ4v) is 7.09. The van der Waals surface area contributed by atoms with Gasteiger partial charge in [0.25, 0.3) is 0 Å². The molecule has 0 N–H and O–H groups in total. The molecular formula is C39H27N3S. The molecule has 0 unspecified atom stereocenters. The molecule has 0 saturated heterocycles. The first kappa shape index (κ1) is 25.4. The van der Waals surface area contributed by atoms with Crippen LogP contribution in [0.15, 0.2) is 162 Å². The second kappa shape index (κ2) is 10.8. The minimum atomic E-state index is 0.495. The largest absolute Gasteiger partial charge is 0.306 e. The number of amidine groups is 2. The highest BCUT2D eigenvalue weighted by Gasteiger charge is 2.21. The number of thiophene rings is 1. The molecule has 0 saturated carbocycles. The zero-order valence-electron chi connectivity index (χ0n) is 23.4. The van der Waals surface area contributed by atoms with Crippen molar-refractivity contribution in [2.24, 2.45) is 9.98 Å². The van der Waals surface area contributed by atoms with Gasteiger partial charge < -0.3 is 4.90 Å². The minimum absolute atomic E-state index is 0.495. The number of rotatable bonds is 5. The van der Waals surface area contributed by atoms with Crippen LogP contribution in [0.3, 0.4) is 0 Å². The van der Waals surface area contributed by atoms with Crippen molar-refractivity contribution in [3.8, 4) is 22.3 Å². The summed E-state index contributed by atoms with van der Waals surface area (Å²) in [5, 5.41) is 2.64. The van der Waals surface area contributed by atoms with Gasteiger partial charge in [-0.15, -0.1) is 11.3 Å². The van der Waals surface area contributed by atoms with Crippen LogP contribution in [0.4, 0.5) is 5.69 Å². The zero-order valence-corrected chi connectivity index (χ0v) is 24.2. The summed E-state index contributed by atoms with van der Waals surface area (Å²) in [6.07, 6.45) is 0. The lowest BCUT2D eigenvalue weighted by molar-refractivity contribution is 0.985. The molecule has 43 heavy (non-hydrogen) atoms. The fourth-order valence-electron chi connectivity index (χ4n) is 5.85. The first-order valence-electron chi connectivity index (χ1n) is 14.4. The summed E-state index contributed by atoms with van der Waals surface area (Å²) in [4.78, 5) is 12.2. The van der Waals surface area contributed by atoms with Crippen LogP contribution in [0.1, 0.15) is 11.1 Å². The van der Waals surface area contributed by atoms with Crippen molar-refractivity contribution in [1.29, 1.82) is 0 Å². The quantitative estimate of drug-likeness (QED) is 0.203. The molecule has 4 heteroatoms. The molecule has 0 fully saturated rings. The Bertz CT molecular complexity index is 2160. The fraction of sp³-hybridized carbons (Fsp3) is 0.0256. The van der Waals surface area contributed by atoms with E-state index in [-0.39, 0.29) is 0 Å². The molecular weight excluding hydrogens is 543 g/mol. The van der Waals surface area contributed by atoms with E-state index in [1.165, 1.54) is 36.9 Å². The van der Waals surface area contributed by atoms with Crippen molar-refractivity contribution >= 4 is 48.9 Å². The number of anilines is 1. The van der Waals surface area contributed by atoms with Crippen LogP contribution in [0.25, 0.3) is 42.4 Å². The normalized spacial score (nSPS) is 13.3. The van der Waals surface area contributed by atoms with Crippen LogP contribution >= 0.6 is 11.3 Å². The third-order valence-corrected chi connectivity index (χ3v) is 9.18. The lowest BCUT2D eigenvalue weighted by atomic mass is 9.97. The number of hydrogen-bond donors (Lipinski definition) is 0. The van der Waals surface area contributed by atoms with Gasteiger partial charge in [-0.2, -0.15) is 0 Å². The monoisotopic (exact) mass is 569 g/mol. The number of nitrogens with zero attached hydrogens (tertiary/aromatic N) is 3. The Hall–Kier alpha value is -5.32. The molecule has 7 aromatic rings. The van der Waals surface area contributed by atoms with Crippen LogP contribution in [0.5, 0.6) is 0 Å².